The van der Waals surface area contributed by atoms with Gasteiger partial charge in [0, 0.05) is 39.1 Å². The number of amides is 1. The fourth-order valence-electron chi connectivity index (χ4n) is 4.39. The number of rotatable bonds is 3. The van der Waals surface area contributed by atoms with Gasteiger partial charge in [-0.3, -0.25) is 9.69 Å². The molecule has 5 nitrogen and oxygen atoms in total. The Labute approximate surface area is 161 Å². The molecule has 0 saturated carbocycles. The van der Waals surface area contributed by atoms with E-state index < -0.39 is 0 Å². The van der Waals surface area contributed by atoms with Gasteiger partial charge in [-0.05, 0) is 30.7 Å². The van der Waals surface area contributed by atoms with Crippen molar-refractivity contribution in [3.8, 4) is 0 Å². The van der Waals surface area contributed by atoms with Crippen LogP contribution < -0.4 is 0 Å². The van der Waals surface area contributed by atoms with Gasteiger partial charge in [-0.15, -0.1) is 0 Å². The zero-order chi connectivity index (χ0) is 19.0. The summed E-state index contributed by atoms with van der Waals surface area (Å²) in [6.45, 7) is 10.7. The minimum atomic E-state index is -0.0483. The monoisotopic (exact) mass is 367 g/mol. The van der Waals surface area contributed by atoms with Gasteiger partial charge in [0.15, 0.2) is 0 Å². The van der Waals surface area contributed by atoms with Crippen LogP contribution in [0.3, 0.4) is 0 Å². The van der Waals surface area contributed by atoms with E-state index in [1.54, 1.807) is 0 Å². The molecule has 2 atom stereocenters. The molecule has 2 aromatic rings. The summed E-state index contributed by atoms with van der Waals surface area (Å²) in [4.78, 5) is 21.7. The number of oxazole rings is 1. The quantitative estimate of drug-likeness (QED) is 0.831. The van der Waals surface area contributed by atoms with Crippen LogP contribution in [0.4, 0.5) is 0 Å². The number of carbonyl (C=O) groups is 1. The molecule has 27 heavy (non-hydrogen) atoms. The number of aromatic nitrogens is 1. The van der Waals surface area contributed by atoms with Gasteiger partial charge in [0.1, 0.15) is 5.76 Å². The van der Waals surface area contributed by atoms with Gasteiger partial charge in [0.25, 0.3) is 5.89 Å². The van der Waals surface area contributed by atoms with E-state index in [-0.39, 0.29) is 11.8 Å². The highest BCUT2D eigenvalue weighted by atomic mass is 16.4. The molecule has 144 valence electrons. The fourth-order valence-corrected chi connectivity index (χ4v) is 4.39. The van der Waals surface area contributed by atoms with Crippen molar-refractivity contribution in [1.82, 2.24) is 14.8 Å². The largest absolute Gasteiger partial charge is 0.437 e. The molecular formula is C22H29N3O2. The number of likely N-dealkylation sites (tertiary alicyclic amines) is 1. The molecule has 1 saturated heterocycles. The van der Waals surface area contributed by atoms with Gasteiger partial charge in [0.2, 0.25) is 0 Å². The summed E-state index contributed by atoms with van der Waals surface area (Å²) >= 11 is 0. The van der Waals surface area contributed by atoms with Crippen LogP contribution in [-0.2, 0) is 19.5 Å². The van der Waals surface area contributed by atoms with Crippen LogP contribution in [0.2, 0.25) is 0 Å². The fraction of sp³-hybridized carbons (Fsp3) is 0.545. The Morgan fingerprint density at radius 3 is 2.59 bits per heavy atom. The summed E-state index contributed by atoms with van der Waals surface area (Å²) in [6.07, 6.45) is 1.99. The minimum Gasteiger partial charge on any atom is -0.437 e. The summed E-state index contributed by atoms with van der Waals surface area (Å²) in [5, 5.41) is 0. The van der Waals surface area contributed by atoms with Crippen LogP contribution >= 0.6 is 0 Å². The van der Waals surface area contributed by atoms with Crippen molar-refractivity contribution in [2.24, 2.45) is 11.8 Å². The Balaban J connectivity index is 1.44. The van der Waals surface area contributed by atoms with Crippen molar-refractivity contribution in [2.75, 3.05) is 19.6 Å². The van der Waals surface area contributed by atoms with E-state index in [1.165, 1.54) is 17.5 Å². The van der Waals surface area contributed by atoms with Gasteiger partial charge in [-0.1, -0.05) is 43.7 Å². The number of nitrogens with zero attached hydrogens (tertiary/aromatic N) is 3. The SMILES string of the molecule is Cc1ccc(CN2CCc3oc(C(=O)N4C[C@H](C)C[C@H](C)C4)nc3C2)cc1. The number of aryl methyl sites for hydroxylation is 1. The van der Waals surface area contributed by atoms with Gasteiger partial charge in [0.05, 0.1) is 5.69 Å². The molecule has 1 aromatic heterocycles. The zero-order valence-corrected chi connectivity index (χ0v) is 16.6. The van der Waals surface area contributed by atoms with E-state index in [0.29, 0.717) is 11.8 Å². The van der Waals surface area contributed by atoms with Crippen LogP contribution in [0.25, 0.3) is 0 Å². The molecule has 1 amide bonds. The van der Waals surface area contributed by atoms with Crippen LogP contribution in [-0.4, -0.2) is 40.3 Å². The van der Waals surface area contributed by atoms with Crippen molar-refractivity contribution in [1.29, 1.82) is 0 Å². The number of piperidine rings is 1. The lowest BCUT2D eigenvalue weighted by Gasteiger charge is -2.34. The molecule has 0 spiro atoms. The predicted octanol–water partition coefficient (Wildman–Crippen LogP) is 3.66. The highest BCUT2D eigenvalue weighted by molar-refractivity contribution is 5.89. The van der Waals surface area contributed by atoms with E-state index in [9.17, 15) is 4.79 Å². The second-order valence-corrected chi connectivity index (χ2v) is 8.49. The molecule has 0 aliphatic carbocycles. The Morgan fingerprint density at radius 1 is 1.19 bits per heavy atom. The van der Waals surface area contributed by atoms with Crippen molar-refractivity contribution in [3.63, 3.8) is 0 Å². The van der Waals surface area contributed by atoms with Crippen LogP contribution in [0.15, 0.2) is 28.7 Å². The Hall–Kier alpha value is -2.14. The van der Waals surface area contributed by atoms with E-state index in [2.05, 4.69) is 54.9 Å². The molecule has 0 radical (unpaired) electrons. The normalized spacial score (nSPS) is 23.3. The average Bonchev–Trinajstić information content (AvgIpc) is 3.05. The smallest absolute Gasteiger partial charge is 0.309 e. The second-order valence-electron chi connectivity index (χ2n) is 8.49. The molecule has 1 aromatic carbocycles. The lowest BCUT2D eigenvalue weighted by atomic mass is 9.92. The standard InChI is InChI=1S/C22H29N3O2/c1-15-4-6-18(7-5-15)13-24-9-8-20-19(14-24)23-21(27-20)22(26)25-11-16(2)10-17(3)12-25/h4-7,16-17H,8-14H2,1-3H3/t16-,17+. The Bertz CT molecular complexity index is 801. The first kappa shape index (κ1) is 18.2. The molecule has 0 N–H and O–H groups in total. The molecule has 3 heterocycles. The summed E-state index contributed by atoms with van der Waals surface area (Å²) in [5.41, 5.74) is 3.51. The second kappa shape index (κ2) is 7.47. The maximum absolute atomic E-state index is 12.9. The van der Waals surface area contributed by atoms with Crippen LogP contribution in [0.5, 0.6) is 0 Å². The van der Waals surface area contributed by atoms with E-state index >= 15 is 0 Å². The number of carbonyl (C=O) groups excluding carboxylic acids is 1. The first-order valence-electron chi connectivity index (χ1n) is 10.0. The molecule has 2 aliphatic heterocycles. The molecule has 2 aliphatic rings. The van der Waals surface area contributed by atoms with E-state index in [1.807, 2.05) is 4.90 Å². The summed E-state index contributed by atoms with van der Waals surface area (Å²) < 4.78 is 5.88. The van der Waals surface area contributed by atoms with Gasteiger partial charge in [-0.25, -0.2) is 4.98 Å². The van der Waals surface area contributed by atoms with Crippen molar-refractivity contribution in [3.05, 3.63) is 52.7 Å². The van der Waals surface area contributed by atoms with Crippen molar-refractivity contribution >= 4 is 5.91 Å². The number of fused-ring (bicyclic) bond motifs is 1. The molecule has 1 fully saturated rings. The van der Waals surface area contributed by atoms with Crippen LogP contribution in [0, 0.1) is 18.8 Å². The zero-order valence-electron chi connectivity index (χ0n) is 16.6. The van der Waals surface area contributed by atoms with Crippen LogP contribution in [0.1, 0.15) is 53.5 Å². The first-order chi connectivity index (χ1) is 13.0. The highest BCUT2D eigenvalue weighted by Crippen LogP contribution is 2.25. The van der Waals surface area contributed by atoms with Crippen molar-refractivity contribution in [2.45, 2.75) is 46.7 Å². The lowest BCUT2D eigenvalue weighted by molar-refractivity contribution is 0.0581. The Kier molecular flexibility index (Phi) is 5.04. The molecular weight excluding hydrogens is 338 g/mol. The maximum atomic E-state index is 12.9. The number of hydrogen-bond donors (Lipinski definition) is 0. The third kappa shape index (κ3) is 4.08. The maximum Gasteiger partial charge on any atom is 0.309 e. The molecule has 0 unspecified atom stereocenters. The predicted molar refractivity (Wildman–Crippen MR) is 104 cm³/mol. The van der Waals surface area contributed by atoms with E-state index in [0.717, 1.165) is 50.6 Å². The number of hydrogen-bond acceptors (Lipinski definition) is 4. The highest BCUT2D eigenvalue weighted by Gasteiger charge is 2.31. The molecule has 0 bridgehead atoms. The number of benzene rings is 1. The first-order valence-corrected chi connectivity index (χ1v) is 10.0. The van der Waals surface area contributed by atoms with E-state index in [4.69, 9.17) is 4.42 Å². The third-order valence-corrected chi connectivity index (χ3v) is 5.67. The topological polar surface area (TPSA) is 49.6 Å². The summed E-state index contributed by atoms with van der Waals surface area (Å²) in [7, 11) is 0. The van der Waals surface area contributed by atoms with Crippen molar-refractivity contribution < 1.29 is 9.21 Å². The summed E-state index contributed by atoms with van der Waals surface area (Å²) in [6, 6.07) is 8.67. The molecule has 5 heteroatoms. The average molecular weight is 367 g/mol. The Morgan fingerprint density at radius 2 is 1.89 bits per heavy atom. The van der Waals surface area contributed by atoms with Gasteiger partial charge >= 0.3 is 5.91 Å². The van der Waals surface area contributed by atoms with Gasteiger partial charge in [-0.2, -0.15) is 0 Å². The summed E-state index contributed by atoms with van der Waals surface area (Å²) in [5.74, 6) is 2.18. The van der Waals surface area contributed by atoms with Gasteiger partial charge < -0.3 is 9.32 Å². The third-order valence-electron chi connectivity index (χ3n) is 5.67. The lowest BCUT2D eigenvalue weighted by Crippen LogP contribution is -2.42. The minimum absolute atomic E-state index is 0.0483. The molecule has 4 rings (SSSR count).